The Bertz CT molecular complexity index is 843. The zero-order valence-corrected chi connectivity index (χ0v) is 15.2. The van der Waals surface area contributed by atoms with Gasteiger partial charge in [0, 0.05) is 48.1 Å². The zero-order valence-electron chi connectivity index (χ0n) is 15.2. The monoisotopic (exact) mass is 353 g/mol. The molecular formula is C20H24FN5. The van der Waals surface area contributed by atoms with Crippen LogP contribution in [0.25, 0.3) is 11.4 Å². The Kier molecular flexibility index (Phi) is 5.50. The summed E-state index contributed by atoms with van der Waals surface area (Å²) in [5.74, 6) is 4.02. The number of aromatic nitrogens is 2. The third-order valence-electron chi connectivity index (χ3n) is 4.89. The minimum absolute atomic E-state index is 0.343. The topological polar surface area (TPSA) is 67.1 Å². The molecule has 1 unspecified atom stereocenters. The fraction of sp³-hybridized carbons (Fsp3) is 0.400. The second kappa shape index (κ2) is 7.81. The molecule has 1 aliphatic rings. The van der Waals surface area contributed by atoms with Gasteiger partial charge in [-0.05, 0) is 45.0 Å². The lowest BCUT2D eigenvalue weighted by molar-refractivity contribution is 0.602. The summed E-state index contributed by atoms with van der Waals surface area (Å²) in [4.78, 5) is 11.4. The summed E-state index contributed by atoms with van der Waals surface area (Å²) in [7, 11) is 1.89. The zero-order chi connectivity index (χ0) is 18.7. The van der Waals surface area contributed by atoms with Crippen LogP contribution in [0, 0.1) is 31.0 Å². The first-order valence-corrected chi connectivity index (χ1v) is 8.80. The number of nitrogens with zero attached hydrogens (tertiary/aromatic N) is 3. The maximum absolute atomic E-state index is 14.2. The van der Waals surface area contributed by atoms with Gasteiger partial charge in [0.2, 0.25) is 0 Å². The predicted molar refractivity (Wildman–Crippen MR) is 102 cm³/mol. The molecule has 0 spiro atoms. The lowest BCUT2D eigenvalue weighted by Crippen LogP contribution is -2.25. The van der Waals surface area contributed by atoms with Gasteiger partial charge in [0.1, 0.15) is 11.6 Å². The molecule has 1 atom stereocenters. The number of nitrogens with one attached hydrogen (secondary N) is 1. The first-order chi connectivity index (χ1) is 12.6. The van der Waals surface area contributed by atoms with Gasteiger partial charge in [-0.1, -0.05) is 5.92 Å². The number of hydrogen-bond acceptors (Lipinski definition) is 5. The van der Waals surface area contributed by atoms with Crippen LogP contribution in [0.15, 0.2) is 18.3 Å². The number of anilines is 1. The average molecular weight is 353 g/mol. The molecule has 5 nitrogen and oxygen atoms in total. The number of terminal acetylenes is 1. The molecule has 2 heterocycles. The van der Waals surface area contributed by atoms with Crippen molar-refractivity contribution in [2.75, 3.05) is 31.6 Å². The van der Waals surface area contributed by atoms with Crippen molar-refractivity contribution in [2.45, 2.75) is 19.9 Å². The van der Waals surface area contributed by atoms with Gasteiger partial charge in [0.05, 0.1) is 0 Å². The highest BCUT2D eigenvalue weighted by Crippen LogP contribution is 2.28. The van der Waals surface area contributed by atoms with Crippen LogP contribution in [-0.2, 0) is 6.54 Å². The number of nitrogens with two attached hydrogens (primary N) is 1. The van der Waals surface area contributed by atoms with Crippen molar-refractivity contribution in [1.82, 2.24) is 15.3 Å². The van der Waals surface area contributed by atoms with Crippen LogP contribution >= 0.6 is 0 Å². The SMILES string of the molecule is C#Cc1cc(-c2ncc(CNC)c(N3CCC(CN)C3)n2)cc(F)c1C. The van der Waals surface area contributed by atoms with Crippen molar-refractivity contribution < 1.29 is 4.39 Å². The summed E-state index contributed by atoms with van der Waals surface area (Å²) in [6, 6.07) is 3.21. The van der Waals surface area contributed by atoms with Crippen molar-refractivity contribution in [3.05, 3.63) is 40.8 Å². The van der Waals surface area contributed by atoms with E-state index in [0.29, 0.717) is 41.5 Å². The molecule has 3 rings (SSSR count). The van der Waals surface area contributed by atoms with Crippen molar-refractivity contribution in [3.63, 3.8) is 0 Å². The van der Waals surface area contributed by atoms with Crippen molar-refractivity contribution in [2.24, 2.45) is 11.7 Å². The van der Waals surface area contributed by atoms with E-state index in [1.807, 2.05) is 7.05 Å². The van der Waals surface area contributed by atoms with Gasteiger partial charge in [-0.2, -0.15) is 0 Å². The normalized spacial score (nSPS) is 16.7. The van der Waals surface area contributed by atoms with Gasteiger partial charge in [-0.15, -0.1) is 6.42 Å². The van der Waals surface area contributed by atoms with Crippen LogP contribution in [0.2, 0.25) is 0 Å². The Morgan fingerprint density at radius 2 is 2.27 bits per heavy atom. The molecule has 136 valence electrons. The summed E-state index contributed by atoms with van der Waals surface area (Å²) >= 11 is 0. The molecule has 1 fully saturated rings. The van der Waals surface area contributed by atoms with Crippen molar-refractivity contribution >= 4 is 5.82 Å². The molecule has 3 N–H and O–H groups in total. The second-order valence-electron chi connectivity index (χ2n) is 6.68. The first kappa shape index (κ1) is 18.3. The van der Waals surface area contributed by atoms with E-state index >= 15 is 0 Å². The Morgan fingerprint density at radius 3 is 2.92 bits per heavy atom. The van der Waals surface area contributed by atoms with Crippen LogP contribution in [0.5, 0.6) is 0 Å². The molecule has 1 aromatic carbocycles. The van der Waals surface area contributed by atoms with E-state index in [1.165, 1.54) is 6.07 Å². The van der Waals surface area contributed by atoms with Gasteiger partial charge >= 0.3 is 0 Å². The summed E-state index contributed by atoms with van der Waals surface area (Å²) in [6.07, 6.45) is 8.36. The molecule has 2 aromatic rings. The fourth-order valence-corrected chi connectivity index (χ4v) is 3.30. The van der Waals surface area contributed by atoms with E-state index in [2.05, 4.69) is 21.1 Å². The van der Waals surface area contributed by atoms with Gasteiger partial charge in [0.25, 0.3) is 0 Å². The van der Waals surface area contributed by atoms with Crippen LogP contribution in [-0.4, -0.2) is 36.6 Å². The lowest BCUT2D eigenvalue weighted by atomic mass is 10.0. The molecule has 1 aromatic heterocycles. The number of rotatable bonds is 5. The molecule has 0 bridgehead atoms. The van der Waals surface area contributed by atoms with E-state index in [0.717, 1.165) is 30.9 Å². The third-order valence-corrected chi connectivity index (χ3v) is 4.89. The van der Waals surface area contributed by atoms with Crippen molar-refractivity contribution in [1.29, 1.82) is 0 Å². The molecule has 26 heavy (non-hydrogen) atoms. The Morgan fingerprint density at radius 1 is 1.46 bits per heavy atom. The number of halogens is 1. The lowest BCUT2D eigenvalue weighted by Gasteiger charge is -2.21. The Hall–Kier alpha value is -2.49. The minimum Gasteiger partial charge on any atom is -0.356 e. The van der Waals surface area contributed by atoms with E-state index in [-0.39, 0.29) is 5.82 Å². The molecule has 0 saturated carbocycles. The van der Waals surface area contributed by atoms with E-state index in [4.69, 9.17) is 17.1 Å². The van der Waals surface area contributed by atoms with E-state index in [9.17, 15) is 4.39 Å². The largest absolute Gasteiger partial charge is 0.356 e. The fourth-order valence-electron chi connectivity index (χ4n) is 3.30. The van der Waals surface area contributed by atoms with Crippen LogP contribution in [0.4, 0.5) is 10.2 Å². The molecule has 1 aliphatic heterocycles. The maximum Gasteiger partial charge on any atom is 0.161 e. The van der Waals surface area contributed by atoms with Gasteiger partial charge in [0.15, 0.2) is 5.82 Å². The average Bonchev–Trinajstić information content (AvgIpc) is 3.13. The molecule has 0 aliphatic carbocycles. The quantitative estimate of drug-likeness (QED) is 0.806. The Balaban J connectivity index is 2.03. The highest BCUT2D eigenvalue weighted by atomic mass is 19.1. The molecule has 0 radical (unpaired) electrons. The molecular weight excluding hydrogens is 329 g/mol. The summed E-state index contributed by atoms with van der Waals surface area (Å²) in [5, 5.41) is 3.15. The highest BCUT2D eigenvalue weighted by Gasteiger charge is 2.25. The molecule has 0 amide bonds. The number of benzene rings is 1. The molecule has 6 heteroatoms. The predicted octanol–water partition coefficient (Wildman–Crippen LogP) is 2.08. The first-order valence-electron chi connectivity index (χ1n) is 8.80. The van der Waals surface area contributed by atoms with Crippen molar-refractivity contribution in [3.8, 4) is 23.7 Å². The van der Waals surface area contributed by atoms with E-state index < -0.39 is 0 Å². The summed E-state index contributed by atoms with van der Waals surface area (Å²) in [6.45, 7) is 4.80. The summed E-state index contributed by atoms with van der Waals surface area (Å²) in [5.41, 5.74) is 8.41. The van der Waals surface area contributed by atoms with Crippen LogP contribution in [0.1, 0.15) is 23.1 Å². The van der Waals surface area contributed by atoms with Gasteiger partial charge < -0.3 is 16.0 Å². The summed E-state index contributed by atoms with van der Waals surface area (Å²) < 4.78 is 14.2. The van der Waals surface area contributed by atoms with Gasteiger partial charge in [-0.25, -0.2) is 14.4 Å². The van der Waals surface area contributed by atoms with Gasteiger partial charge in [-0.3, -0.25) is 0 Å². The maximum atomic E-state index is 14.2. The standard InChI is InChI=1S/C20H24FN5/c1-4-15-7-16(8-18(21)13(15)2)19-24-11-17(10-23-3)20(25-19)26-6-5-14(9-22)12-26/h1,7-8,11,14,23H,5-6,9-10,12,22H2,2-3H3. The van der Waals surface area contributed by atoms with Crippen LogP contribution < -0.4 is 16.0 Å². The Labute approximate surface area is 153 Å². The van der Waals surface area contributed by atoms with Crippen LogP contribution in [0.3, 0.4) is 0 Å². The smallest absolute Gasteiger partial charge is 0.161 e. The minimum atomic E-state index is -0.343. The second-order valence-corrected chi connectivity index (χ2v) is 6.68. The van der Waals surface area contributed by atoms with E-state index in [1.54, 1.807) is 19.2 Å². The highest BCUT2D eigenvalue weighted by molar-refractivity contribution is 5.63. The molecule has 1 saturated heterocycles. The number of hydrogen-bond donors (Lipinski definition) is 2. The third kappa shape index (κ3) is 3.55.